The number of hydrogen-bond donors (Lipinski definition) is 1. The predicted molar refractivity (Wildman–Crippen MR) is 79.3 cm³/mol. The molecule has 1 saturated heterocycles. The molecule has 0 amide bonds. The first kappa shape index (κ1) is 12.4. The Bertz CT molecular complexity index is 568. The highest BCUT2D eigenvalue weighted by atomic mass is 15.3. The van der Waals surface area contributed by atoms with E-state index in [0.717, 1.165) is 32.0 Å². The molecule has 0 bridgehead atoms. The van der Waals surface area contributed by atoms with Crippen LogP contribution in [0.4, 0.5) is 5.82 Å². The standard InChI is InChI=1S/C15H20N4/c1-18-7-9-19(10-8-18)15-14-12(5-6-17-15)3-2-4-13(14)11-16/h2-6H,7-11,16H2,1H3. The van der Waals surface area contributed by atoms with Gasteiger partial charge in [-0.15, -0.1) is 0 Å². The minimum Gasteiger partial charge on any atom is -0.354 e. The van der Waals surface area contributed by atoms with Crippen LogP contribution in [0.25, 0.3) is 10.8 Å². The second-order valence-corrected chi connectivity index (χ2v) is 5.14. The summed E-state index contributed by atoms with van der Waals surface area (Å²) in [5.41, 5.74) is 7.06. The lowest BCUT2D eigenvalue weighted by molar-refractivity contribution is 0.312. The van der Waals surface area contributed by atoms with Gasteiger partial charge in [0.1, 0.15) is 5.82 Å². The van der Waals surface area contributed by atoms with Crippen molar-refractivity contribution in [3.05, 3.63) is 36.0 Å². The van der Waals surface area contributed by atoms with Gasteiger partial charge in [0, 0.05) is 44.3 Å². The average Bonchev–Trinajstić information content (AvgIpc) is 2.47. The van der Waals surface area contributed by atoms with Crippen LogP contribution in [0.5, 0.6) is 0 Å². The largest absolute Gasteiger partial charge is 0.354 e. The molecule has 0 aliphatic carbocycles. The van der Waals surface area contributed by atoms with E-state index in [1.807, 2.05) is 6.20 Å². The second kappa shape index (κ2) is 5.15. The Morgan fingerprint density at radius 2 is 1.95 bits per heavy atom. The number of nitrogens with two attached hydrogens (primary N) is 1. The van der Waals surface area contributed by atoms with E-state index in [-0.39, 0.29) is 0 Å². The minimum absolute atomic E-state index is 0.559. The van der Waals surface area contributed by atoms with E-state index < -0.39 is 0 Å². The zero-order valence-corrected chi connectivity index (χ0v) is 11.3. The normalized spacial score (nSPS) is 17.1. The van der Waals surface area contributed by atoms with Gasteiger partial charge in [-0.2, -0.15) is 0 Å². The maximum absolute atomic E-state index is 5.88. The van der Waals surface area contributed by atoms with E-state index in [0.29, 0.717) is 6.54 Å². The third kappa shape index (κ3) is 2.29. The smallest absolute Gasteiger partial charge is 0.136 e. The summed E-state index contributed by atoms with van der Waals surface area (Å²) in [5.74, 6) is 1.09. The van der Waals surface area contributed by atoms with Gasteiger partial charge < -0.3 is 15.5 Å². The summed E-state index contributed by atoms with van der Waals surface area (Å²) in [5, 5.41) is 2.45. The number of rotatable bonds is 2. The topological polar surface area (TPSA) is 45.4 Å². The van der Waals surface area contributed by atoms with E-state index in [9.17, 15) is 0 Å². The fourth-order valence-corrected chi connectivity index (χ4v) is 2.71. The molecule has 0 atom stereocenters. The number of piperazine rings is 1. The van der Waals surface area contributed by atoms with Crippen molar-refractivity contribution in [2.45, 2.75) is 6.54 Å². The molecule has 4 heteroatoms. The molecule has 19 heavy (non-hydrogen) atoms. The Hall–Kier alpha value is -1.65. The second-order valence-electron chi connectivity index (χ2n) is 5.14. The molecule has 0 radical (unpaired) electrons. The molecule has 1 aliphatic rings. The van der Waals surface area contributed by atoms with Crippen LogP contribution in [0, 0.1) is 0 Å². The lowest BCUT2D eigenvalue weighted by atomic mass is 10.1. The van der Waals surface area contributed by atoms with Crippen LogP contribution in [0.15, 0.2) is 30.5 Å². The Labute approximate surface area is 113 Å². The number of fused-ring (bicyclic) bond motifs is 1. The van der Waals surface area contributed by atoms with Crippen LogP contribution in [0.3, 0.4) is 0 Å². The van der Waals surface area contributed by atoms with E-state index in [4.69, 9.17) is 5.73 Å². The minimum atomic E-state index is 0.559. The summed E-state index contributed by atoms with van der Waals surface area (Å²) in [4.78, 5) is 9.35. The zero-order valence-electron chi connectivity index (χ0n) is 11.3. The van der Waals surface area contributed by atoms with Gasteiger partial charge >= 0.3 is 0 Å². The van der Waals surface area contributed by atoms with Crippen LogP contribution < -0.4 is 10.6 Å². The number of pyridine rings is 1. The molecule has 0 saturated carbocycles. The monoisotopic (exact) mass is 256 g/mol. The molecule has 1 aromatic carbocycles. The lowest BCUT2D eigenvalue weighted by Crippen LogP contribution is -2.44. The first-order valence-electron chi connectivity index (χ1n) is 6.80. The molecular formula is C15H20N4. The van der Waals surface area contributed by atoms with Crippen LogP contribution in [0.1, 0.15) is 5.56 Å². The van der Waals surface area contributed by atoms with Crippen LogP contribution in [-0.2, 0) is 6.54 Å². The molecule has 100 valence electrons. The van der Waals surface area contributed by atoms with E-state index >= 15 is 0 Å². The molecule has 0 spiro atoms. The number of hydrogen-bond acceptors (Lipinski definition) is 4. The quantitative estimate of drug-likeness (QED) is 0.883. The van der Waals surface area contributed by atoms with Gasteiger partial charge in [-0.05, 0) is 24.1 Å². The van der Waals surface area contributed by atoms with Crippen molar-refractivity contribution >= 4 is 16.6 Å². The Morgan fingerprint density at radius 3 is 2.68 bits per heavy atom. The van der Waals surface area contributed by atoms with Crippen LogP contribution >= 0.6 is 0 Å². The van der Waals surface area contributed by atoms with Gasteiger partial charge in [0.25, 0.3) is 0 Å². The number of benzene rings is 1. The highest BCUT2D eigenvalue weighted by Crippen LogP contribution is 2.28. The lowest BCUT2D eigenvalue weighted by Gasteiger charge is -2.34. The number of anilines is 1. The fourth-order valence-electron chi connectivity index (χ4n) is 2.71. The maximum atomic E-state index is 5.88. The van der Waals surface area contributed by atoms with E-state index in [2.05, 4.69) is 46.1 Å². The van der Waals surface area contributed by atoms with Crippen molar-refractivity contribution in [2.24, 2.45) is 5.73 Å². The Balaban J connectivity index is 2.07. The third-order valence-electron chi connectivity index (χ3n) is 3.88. The van der Waals surface area contributed by atoms with Gasteiger partial charge in [0.2, 0.25) is 0 Å². The van der Waals surface area contributed by atoms with E-state index in [1.54, 1.807) is 0 Å². The Morgan fingerprint density at radius 1 is 1.16 bits per heavy atom. The summed E-state index contributed by atoms with van der Waals surface area (Å²) in [6.07, 6.45) is 1.90. The molecule has 1 aromatic heterocycles. The molecule has 1 aliphatic heterocycles. The first-order valence-corrected chi connectivity index (χ1v) is 6.80. The van der Waals surface area contributed by atoms with Crippen molar-refractivity contribution < 1.29 is 0 Å². The fraction of sp³-hybridized carbons (Fsp3) is 0.400. The first-order chi connectivity index (χ1) is 9.29. The van der Waals surface area contributed by atoms with Crippen LogP contribution in [0.2, 0.25) is 0 Å². The number of aromatic nitrogens is 1. The number of likely N-dealkylation sites (N-methyl/N-ethyl adjacent to an activating group) is 1. The zero-order chi connectivity index (χ0) is 13.2. The molecule has 4 nitrogen and oxygen atoms in total. The van der Waals surface area contributed by atoms with Gasteiger partial charge in [0.15, 0.2) is 0 Å². The van der Waals surface area contributed by atoms with Crippen molar-refractivity contribution in [1.82, 2.24) is 9.88 Å². The summed E-state index contributed by atoms with van der Waals surface area (Å²) in [7, 11) is 2.17. The SMILES string of the molecule is CN1CCN(c2nccc3cccc(CN)c23)CC1. The van der Waals surface area contributed by atoms with Gasteiger partial charge in [0.05, 0.1) is 0 Å². The summed E-state index contributed by atoms with van der Waals surface area (Å²) in [6, 6.07) is 8.37. The molecule has 1 fully saturated rings. The Kier molecular flexibility index (Phi) is 3.36. The van der Waals surface area contributed by atoms with E-state index in [1.165, 1.54) is 16.3 Å². The molecular weight excluding hydrogens is 236 g/mol. The van der Waals surface area contributed by atoms with Crippen molar-refractivity contribution in [1.29, 1.82) is 0 Å². The van der Waals surface area contributed by atoms with Crippen molar-refractivity contribution in [3.63, 3.8) is 0 Å². The van der Waals surface area contributed by atoms with Crippen LogP contribution in [-0.4, -0.2) is 43.1 Å². The molecule has 3 rings (SSSR count). The summed E-state index contributed by atoms with van der Waals surface area (Å²) >= 11 is 0. The van der Waals surface area contributed by atoms with Gasteiger partial charge in [-0.3, -0.25) is 0 Å². The highest BCUT2D eigenvalue weighted by Gasteiger charge is 2.18. The third-order valence-corrected chi connectivity index (χ3v) is 3.88. The predicted octanol–water partition coefficient (Wildman–Crippen LogP) is 1.45. The molecule has 2 heterocycles. The van der Waals surface area contributed by atoms with Gasteiger partial charge in [-0.1, -0.05) is 18.2 Å². The van der Waals surface area contributed by atoms with Crippen molar-refractivity contribution in [3.8, 4) is 0 Å². The maximum Gasteiger partial charge on any atom is 0.136 e. The molecule has 2 aromatic rings. The highest BCUT2D eigenvalue weighted by molar-refractivity contribution is 5.95. The average molecular weight is 256 g/mol. The number of nitrogens with zero attached hydrogens (tertiary/aromatic N) is 3. The molecule has 0 unspecified atom stereocenters. The molecule has 2 N–H and O–H groups in total. The van der Waals surface area contributed by atoms with Crippen molar-refractivity contribution in [2.75, 3.05) is 38.1 Å². The van der Waals surface area contributed by atoms with Gasteiger partial charge in [-0.25, -0.2) is 4.98 Å². The summed E-state index contributed by atoms with van der Waals surface area (Å²) in [6.45, 7) is 4.79. The summed E-state index contributed by atoms with van der Waals surface area (Å²) < 4.78 is 0.